The third-order valence-corrected chi connectivity index (χ3v) is 2.94. The van der Waals surface area contributed by atoms with Gasteiger partial charge in [0.05, 0.1) is 18.8 Å². The average molecular weight is 254 g/mol. The zero-order valence-electron chi connectivity index (χ0n) is 10.3. The highest BCUT2D eigenvalue weighted by molar-refractivity contribution is 5.86. The second-order valence-electron chi connectivity index (χ2n) is 4.09. The van der Waals surface area contributed by atoms with Gasteiger partial charge in [-0.2, -0.15) is 0 Å². The zero-order valence-corrected chi connectivity index (χ0v) is 10.3. The van der Waals surface area contributed by atoms with Crippen molar-refractivity contribution in [2.75, 3.05) is 7.11 Å². The molecular formula is C15H11FN2O. The third kappa shape index (κ3) is 2.01. The minimum atomic E-state index is -0.391. The van der Waals surface area contributed by atoms with Crippen LogP contribution in [0.15, 0.2) is 48.8 Å². The molecule has 0 radical (unpaired) electrons. The van der Waals surface area contributed by atoms with Crippen LogP contribution in [-0.4, -0.2) is 17.1 Å². The van der Waals surface area contributed by atoms with Crippen molar-refractivity contribution in [3.63, 3.8) is 0 Å². The minimum Gasteiger partial charge on any atom is -0.481 e. The SMILES string of the molecule is COc1nc2ccccc2cc1-c1ccncc1F. The number of nitrogens with zero attached hydrogens (tertiary/aromatic N) is 2. The van der Waals surface area contributed by atoms with Crippen molar-refractivity contribution in [1.82, 2.24) is 9.97 Å². The summed E-state index contributed by atoms with van der Waals surface area (Å²) in [5.41, 5.74) is 1.88. The van der Waals surface area contributed by atoms with Crippen LogP contribution in [-0.2, 0) is 0 Å². The Morgan fingerprint density at radius 3 is 2.74 bits per heavy atom. The van der Waals surface area contributed by atoms with Crippen LogP contribution >= 0.6 is 0 Å². The van der Waals surface area contributed by atoms with E-state index in [-0.39, 0.29) is 0 Å². The number of para-hydroxylation sites is 1. The molecule has 3 nitrogen and oxygen atoms in total. The molecule has 0 N–H and O–H groups in total. The molecule has 94 valence electrons. The Balaban J connectivity index is 2.31. The number of hydrogen-bond acceptors (Lipinski definition) is 3. The van der Waals surface area contributed by atoms with Gasteiger partial charge in [0.2, 0.25) is 5.88 Å². The first-order valence-corrected chi connectivity index (χ1v) is 5.83. The van der Waals surface area contributed by atoms with Gasteiger partial charge in [-0.3, -0.25) is 4.98 Å². The summed E-state index contributed by atoms with van der Waals surface area (Å²) in [6, 6.07) is 11.1. The lowest BCUT2D eigenvalue weighted by molar-refractivity contribution is 0.401. The molecule has 2 aromatic heterocycles. The molecule has 0 atom stereocenters. The van der Waals surface area contributed by atoms with Gasteiger partial charge >= 0.3 is 0 Å². The second-order valence-corrected chi connectivity index (χ2v) is 4.09. The maximum absolute atomic E-state index is 13.8. The fraction of sp³-hybridized carbons (Fsp3) is 0.0667. The molecule has 0 saturated heterocycles. The van der Waals surface area contributed by atoms with Crippen molar-refractivity contribution in [2.24, 2.45) is 0 Å². The van der Waals surface area contributed by atoms with Crippen molar-refractivity contribution < 1.29 is 9.13 Å². The molecule has 0 unspecified atom stereocenters. The highest BCUT2D eigenvalue weighted by Gasteiger charge is 2.13. The molecule has 0 aliphatic heterocycles. The van der Waals surface area contributed by atoms with Gasteiger partial charge in [-0.05, 0) is 18.2 Å². The first-order chi connectivity index (χ1) is 9.29. The van der Waals surface area contributed by atoms with Crippen molar-refractivity contribution >= 4 is 10.9 Å². The highest BCUT2D eigenvalue weighted by atomic mass is 19.1. The van der Waals surface area contributed by atoms with Crippen molar-refractivity contribution in [3.8, 4) is 17.0 Å². The highest BCUT2D eigenvalue weighted by Crippen LogP contribution is 2.32. The zero-order chi connectivity index (χ0) is 13.2. The van der Waals surface area contributed by atoms with Crippen LogP contribution in [0, 0.1) is 5.82 Å². The van der Waals surface area contributed by atoms with Crippen molar-refractivity contribution in [1.29, 1.82) is 0 Å². The van der Waals surface area contributed by atoms with Gasteiger partial charge in [0, 0.05) is 22.7 Å². The number of pyridine rings is 2. The average Bonchev–Trinajstić information content (AvgIpc) is 2.46. The Hall–Kier alpha value is -2.49. The number of aromatic nitrogens is 2. The van der Waals surface area contributed by atoms with E-state index < -0.39 is 5.82 Å². The van der Waals surface area contributed by atoms with Gasteiger partial charge in [0.15, 0.2) is 0 Å². The normalized spacial score (nSPS) is 10.6. The molecule has 4 heteroatoms. The molecular weight excluding hydrogens is 243 g/mol. The molecule has 0 fully saturated rings. The Labute approximate surface area is 109 Å². The topological polar surface area (TPSA) is 35.0 Å². The quantitative estimate of drug-likeness (QED) is 0.702. The van der Waals surface area contributed by atoms with Crippen molar-refractivity contribution in [2.45, 2.75) is 0 Å². The maximum atomic E-state index is 13.8. The predicted octanol–water partition coefficient (Wildman–Crippen LogP) is 3.44. The van der Waals surface area contributed by atoms with Gasteiger partial charge in [-0.15, -0.1) is 0 Å². The number of benzene rings is 1. The van der Waals surface area contributed by atoms with Crippen LogP contribution in [0.4, 0.5) is 4.39 Å². The van der Waals surface area contributed by atoms with Crippen LogP contribution in [0.3, 0.4) is 0 Å². The van der Waals surface area contributed by atoms with E-state index >= 15 is 0 Å². The summed E-state index contributed by atoms with van der Waals surface area (Å²) in [4.78, 5) is 8.15. The summed E-state index contributed by atoms with van der Waals surface area (Å²) in [7, 11) is 1.53. The van der Waals surface area contributed by atoms with E-state index in [2.05, 4.69) is 9.97 Å². The summed E-state index contributed by atoms with van der Waals surface area (Å²) in [5, 5.41) is 0.939. The summed E-state index contributed by atoms with van der Waals surface area (Å²) < 4.78 is 19.1. The molecule has 0 amide bonds. The van der Waals surface area contributed by atoms with E-state index in [1.54, 1.807) is 12.3 Å². The lowest BCUT2D eigenvalue weighted by Crippen LogP contribution is -1.94. The van der Waals surface area contributed by atoms with Crippen LogP contribution in [0.25, 0.3) is 22.0 Å². The van der Waals surface area contributed by atoms with E-state index in [4.69, 9.17) is 4.74 Å². The molecule has 2 heterocycles. The number of ether oxygens (including phenoxy) is 1. The molecule has 0 aliphatic carbocycles. The van der Waals surface area contributed by atoms with Crippen LogP contribution in [0.1, 0.15) is 0 Å². The Bertz CT molecular complexity index is 743. The largest absolute Gasteiger partial charge is 0.481 e. The molecule has 19 heavy (non-hydrogen) atoms. The molecule has 1 aromatic carbocycles. The second kappa shape index (κ2) is 4.65. The molecule has 0 saturated carbocycles. The van der Waals surface area contributed by atoms with E-state index in [0.29, 0.717) is 17.0 Å². The fourth-order valence-electron chi connectivity index (χ4n) is 2.04. The maximum Gasteiger partial charge on any atom is 0.221 e. The lowest BCUT2D eigenvalue weighted by atomic mass is 10.1. The number of fused-ring (bicyclic) bond motifs is 1. The first-order valence-electron chi connectivity index (χ1n) is 5.83. The van der Waals surface area contributed by atoms with Gasteiger partial charge in [-0.25, -0.2) is 9.37 Å². The van der Waals surface area contributed by atoms with E-state index in [1.165, 1.54) is 13.3 Å². The van der Waals surface area contributed by atoms with E-state index in [1.807, 2.05) is 30.3 Å². The Morgan fingerprint density at radius 2 is 1.95 bits per heavy atom. The number of hydrogen-bond donors (Lipinski definition) is 0. The lowest BCUT2D eigenvalue weighted by Gasteiger charge is -2.10. The Morgan fingerprint density at radius 1 is 1.11 bits per heavy atom. The number of methoxy groups -OCH3 is 1. The van der Waals surface area contributed by atoms with Crippen LogP contribution < -0.4 is 4.74 Å². The molecule has 0 bridgehead atoms. The van der Waals surface area contributed by atoms with Crippen molar-refractivity contribution in [3.05, 3.63) is 54.6 Å². The predicted molar refractivity (Wildman–Crippen MR) is 71.5 cm³/mol. The molecule has 0 aliphatic rings. The van der Waals surface area contributed by atoms with Gasteiger partial charge < -0.3 is 4.74 Å². The molecule has 3 aromatic rings. The van der Waals surface area contributed by atoms with Crippen LogP contribution in [0.5, 0.6) is 5.88 Å². The number of rotatable bonds is 2. The summed E-state index contributed by atoms with van der Waals surface area (Å²) in [5.74, 6) is 0.0154. The smallest absolute Gasteiger partial charge is 0.221 e. The summed E-state index contributed by atoms with van der Waals surface area (Å²) >= 11 is 0. The summed E-state index contributed by atoms with van der Waals surface area (Å²) in [6.07, 6.45) is 2.73. The molecule has 3 rings (SSSR count). The van der Waals surface area contributed by atoms with Gasteiger partial charge in [-0.1, -0.05) is 18.2 Å². The third-order valence-electron chi connectivity index (χ3n) is 2.94. The first kappa shape index (κ1) is 11.6. The monoisotopic (exact) mass is 254 g/mol. The van der Waals surface area contributed by atoms with E-state index in [9.17, 15) is 4.39 Å². The molecule has 0 spiro atoms. The van der Waals surface area contributed by atoms with Gasteiger partial charge in [0.1, 0.15) is 5.82 Å². The number of halogens is 1. The standard InChI is InChI=1S/C15H11FN2O/c1-19-15-12(11-6-7-17-9-13(11)16)8-10-4-2-3-5-14(10)18-15/h2-9H,1H3. The van der Waals surface area contributed by atoms with Gasteiger partial charge in [0.25, 0.3) is 0 Å². The van der Waals surface area contributed by atoms with E-state index in [0.717, 1.165) is 10.9 Å². The van der Waals surface area contributed by atoms with Crippen LogP contribution in [0.2, 0.25) is 0 Å². The minimum absolute atomic E-state index is 0.391. The fourth-order valence-corrected chi connectivity index (χ4v) is 2.04. The summed E-state index contributed by atoms with van der Waals surface area (Å²) in [6.45, 7) is 0. The Kier molecular flexibility index (Phi) is 2.83.